The number of nitrogens with one attached hydrogen (secondary N) is 2. The van der Waals surface area contributed by atoms with Crippen molar-refractivity contribution in [3.8, 4) is 6.07 Å². The van der Waals surface area contributed by atoms with Crippen molar-refractivity contribution in [1.82, 2.24) is 10.2 Å². The van der Waals surface area contributed by atoms with Crippen molar-refractivity contribution in [2.45, 2.75) is 6.42 Å². The van der Waals surface area contributed by atoms with E-state index < -0.39 is 5.91 Å². The predicted octanol–water partition coefficient (Wildman–Crippen LogP) is -0.378. The second-order valence-corrected chi connectivity index (χ2v) is 2.19. The van der Waals surface area contributed by atoms with E-state index in [1.807, 2.05) is 0 Å². The normalized spacial score (nSPS) is 8.85. The number of aromatic amines is 1. The third kappa shape index (κ3) is 2.75. The van der Waals surface area contributed by atoms with Crippen LogP contribution in [0.15, 0.2) is 16.9 Å². The molecular weight excluding hydrogens is 172 g/mol. The number of carbonyl (C=O) groups excluding carboxylic acids is 1. The number of nitrogens with zero attached hydrogens (tertiary/aromatic N) is 2. The van der Waals surface area contributed by atoms with Gasteiger partial charge in [-0.15, -0.1) is 0 Å². The van der Waals surface area contributed by atoms with Crippen molar-refractivity contribution in [3.63, 3.8) is 0 Å². The fourth-order valence-corrected chi connectivity index (χ4v) is 0.673. The highest BCUT2D eigenvalue weighted by Gasteiger charge is 2.00. The molecule has 6 nitrogen and oxygen atoms in total. The Hall–Kier alpha value is -2.16. The van der Waals surface area contributed by atoms with E-state index in [2.05, 4.69) is 15.5 Å². The molecule has 0 saturated carbocycles. The van der Waals surface area contributed by atoms with E-state index in [4.69, 9.17) is 5.26 Å². The molecule has 0 aromatic carbocycles. The average Bonchev–Trinajstić information content (AvgIpc) is 2.09. The molecule has 1 aromatic rings. The molecule has 1 heterocycles. The lowest BCUT2D eigenvalue weighted by molar-refractivity contribution is -0.115. The summed E-state index contributed by atoms with van der Waals surface area (Å²) in [6.07, 6.45) is -0.235. The summed E-state index contributed by atoms with van der Waals surface area (Å²) in [6.45, 7) is 0. The first-order valence-corrected chi connectivity index (χ1v) is 3.45. The Morgan fingerprint density at radius 1 is 1.69 bits per heavy atom. The highest BCUT2D eigenvalue weighted by Crippen LogP contribution is 1.96. The zero-order valence-electron chi connectivity index (χ0n) is 6.57. The van der Waals surface area contributed by atoms with Gasteiger partial charge in [-0.2, -0.15) is 10.4 Å². The Labute approximate surface area is 73.2 Å². The van der Waals surface area contributed by atoms with Gasteiger partial charge < -0.3 is 5.32 Å². The van der Waals surface area contributed by atoms with E-state index in [9.17, 15) is 9.59 Å². The minimum atomic E-state index is -0.456. The first kappa shape index (κ1) is 8.93. The molecule has 0 bridgehead atoms. The van der Waals surface area contributed by atoms with Crippen molar-refractivity contribution in [3.05, 3.63) is 22.5 Å². The fourth-order valence-electron chi connectivity index (χ4n) is 0.673. The van der Waals surface area contributed by atoms with E-state index in [1.165, 1.54) is 12.1 Å². The highest BCUT2D eigenvalue weighted by molar-refractivity contribution is 5.90. The molecule has 0 aliphatic heterocycles. The van der Waals surface area contributed by atoms with Gasteiger partial charge in [0.25, 0.3) is 5.56 Å². The summed E-state index contributed by atoms with van der Waals surface area (Å²) in [5, 5.41) is 16.2. The maximum atomic E-state index is 10.8. The van der Waals surface area contributed by atoms with Crippen LogP contribution in [0.25, 0.3) is 0 Å². The van der Waals surface area contributed by atoms with Gasteiger partial charge in [-0.1, -0.05) is 0 Å². The quantitative estimate of drug-likeness (QED) is 0.644. The minimum Gasteiger partial charge on any atom is -0.308 e. The Morgan fingerprint density at radius 2 is 2.46 bits per heavy atom. The maximum Gasteiger partial charge on any atom is 0.264 e. The third-order valence-corrected chi connectivity index (χ3v) is 1.19. The summed E-state index contributed by atoms with van der Waals surface area (Å²) >= 11 is 0. The maximum absolute atomic E-state index is 10.8. The number of rotatable bonds is 2. The van der Waals surface area contributed by atoms with Gasteiger partial charge >= 0.3 is 0 Å². The number of carbonyl (C=O) groups is 1. The van der Waals surface area contributed by atoms with Crippen LogP contribution < -0.4 is 10.9 Å². The van der Waals surface area contributed by atoms with Gasteiger partial charge in [0, 0.05) is 6.07 Å². The van der Waals surface area contributed by atoms with E-state index in [0.29, 0.717) is 0 Å². The lowest BCUT2D eigenvalue weighted by Gasteiger charge is -1.98. The lowest BCUT2D eigenvalue weighted by Crippen LogP contribution is -2.14. The standard InChI is InChI=1S/C7H6N4O2/c8-4-3-6(12)9-5-1-2-7(13)11-10-5/h1-2H,3H2,(H,11,13)(H,9,10,12). The highest BCUT2D eigenvalue weighted by atomic mass is 16.1. The number of anilines is 1. The van der Waals surface area contributed by atoms with Crippen LogP contribution in [-0.4, -0.2) is 16.1 Å². The molecule has 1 rings (SSSR count). The van der Waals surface area contributed by atoms with Gasteiger partial charge in [0.05, 0.1) is 6.07 Å². The zero-order valence-corrected chi connectivity index (χ0v) is 6.57. The molecule has 0 saturated heterocycles. The molecule has 6 heteroatoms. The van der Waals surface area contributed by atoms with Crippen molar-refractivity contribution in [2.24, 2.45) is 0 Å². The van der Waals surface area contributed by atoms with Crippen LogP contribution in [-0.2, 0) is 4.79 Å². The summed E-state index contributed by atoms with van der Waals surface area (Å²) in [5.41, 5.74) is -0.349. The van der Waals surface area contributed by atoms with Gasteiger partial charge in [0.15, 0.2) is 5.82 Å². The number of amides is 1. The number of hydrogen-bond acceptors (Lipinski definition) is 4. The minimum absolute atomic E-state index is 0.222. The summed E-state index contributed by atoms with van der Waals surface area (Å²) in [5.74, 6) is -0.234. The fraction of sp³-hybridized carbons (Fsp3) is 0.143. The molecular formula is C7H6N4O2. The van der Waals surface area contributed by atoms with Crippen molar-refractivity contribution in [2.75, 3.05) is 5.32 Å². The largest absolute Gasteiger partial charge is 0.308 e. The molecule has 0 atom stereocenters. The Kier molecular flexibility index (Phi) is 2.76. The molecule has 0 aliphatic carbocycles. The van der Waals surface area contributed by atoms with Crippen molar-refractivity contribution < 1.29 is 4.79 Å². The van der Waals surface area contributed by atoms with Crippen molar-refractivity contribution in [1.29, 1.82) is 5.26 Å². The molecule has 0 spiro atoms. The van der Waals surface area contributed by atoms with Crippen LogP contribution in [0.4, 0.5) is 5.82 Å². The summed E-state index contributed by atoms with van der Waals surface area (Å²) < 4.78 is 0. The first-order chi connectivity index (χ1) is 6.22. The summed E-state index contributed by atoms with van der Waals surface area (Å²) in [7, 11) is 0. The molecule has 0 radical (unpaired) electrons. The van der Waals surface area contributed by atoms with Gasteiger partial charge in [-0.25, -0.2) is 5.10 Å². The zero-order chi connectivity index (χ0) is 9.68. The second kappa shape index (κ2) is 4.01. The third-order valence-electron chi connectivity index (χ3n) is 1.19. The smallest absolute Gasteiger partial charge is 0.264 e. The summed E-state index contributed by atoms with van der Waals surface area (Å²) in [6, 6.07) is 4.27. The molecule has 66 valence electrons. The van der Waals surface area contributed by atoms with Crippen LogP contribution in [0.1, 0.15) is 6.42 Å². The number of hydrogen-bond donors (Lipinski definition) is 2. The molecule has 2 N–H and O–H groups in total. The van der Waals surface area contributed by atoms with Gasteiger partial charge in [0.2, 0.25) is 5.91 Å². The molecule has 1 amide bonds. The second-order valence-electron chi connectivity index (χ2n) is 2.19. The first-order valence-electron chi connectivity index (χ1n) is 3.45. The van der Waals surface area contributed by atoms with E-state index in [0.717, 1.165) is 0 Å². The molecule has 0 fully saturated rings. The predicted molar refractivity (Wildman–Crippen MR) is 43.7 cm³/mol. The number of H-pyrrole nitrogens is 1. The Balaban J connectivity index is 2.66. The topological polar surface area (TPSA) is 98.6 Å². The Bertz CT molecular complexity index is 383. The Morgan fingerprint density at radius 3 is 3.00 bits per heavy atom. The molecule has 0 aliphatic rings. The summed E-state index contributed by atoms with van der Waals surface area (Å²) in [4.78, 5) is 21.4. The molecule has 13 heavy (non-hydrogen) atoms. The van der Waals surface area contributed by atoms with Crippen molar-refractivity contribution >= 4 is 11.7 Å². The van der Waals surface area contributed by atoms with E-state index in [1.54, 1.807) is 6.07 Å². The van der Waals surface area contributed by atoms with Crippen LogP contribution in [0, 0.1) is 11.3 Å². The van der Waals surface area contributed by atoms with Gasteiger partial charge in [-0.05, 0) is 6.07 Å². The van der Waals surface area contributed by atoms with Crippen LogP contribution >= 0.6 is 0 Å². The van der Waals surface area contributed by atoms with E-state index >= 15 is 0 Å². The number of nitriles is 1. The van der Waals surface area contributed by atoms with Crippen LogP contribution in [0.5, 0.6) is 0 Å². The van der Waals surface area contributed by atoms with Crippen LogP contribution in [0.3, 0.4) is 0 Å². The average molecular weight is 178 g/mol. The van der Waals surface area contributed by atoms with Crippen LogP contribution in [0.2, 0.25) is 0 Å². The number of aromatic nitrogens is 2. The molecule has 1 aromatic heterocycles. The van der Waals surface area contributed by atoms with E-state index in [-0.39, 0.29) is 17.8 Å². The molecule has 0 unspecified atom stereocenters. The SMILES string of the molecule is N#CCC(=O)Nc1ccc(=O)[nH]n1. The van der Waals surface area contributed by atoms with Gasteiger partial charge in [-0.3, -0.25) is 9.59 Å². The van der Waals surface area contributed by atoms with Gasteiger partial charge in [0.1, 0.15) is 6.42 Å². The lowest BCUT2D eigenvalue weighted by atomic mass is 10.4. The monoisotopic (exact) mass is 178 g/mol.